The molecule has 7 nitrogen and oxygen atoms in total. The molecule has 4 aromatic rings. The number of aryl methyl sites for hydroxylation is 1. The molecule has 2 heterocycles. The highest BCUT2D eigenvalue weighted by molar-refractivity contribution is 7.99. The van der Waals surface area contributed by atoms with Crippen LogP contribution < -0.4 is 5.14 Å². The first-order chi connectivity index (χ1) is 15.2. The number of thioether (sulfide) groups is 1. The fourth-order valence-corrected chi connectivity index (χ4v) is 4.83. The van der Waals surface area contributed by atoms with Gasteiger partial charge in [0.2, 0.25) is 10.0 Å². The SMILES string of the molecule is Cc1cc(C(=O)CSc2ncc(-c3ccccc3)[nH]2)c(C)n1-c1ccc(S(N)(=O)=O)cc1. The van der Waals surface area contributed by atoms with E-state index in [1.165, 1.54) is 23.9 Å². The van der Waals surface area contributed by atoms with Gasteiger partial charge in [-0.3, -0.25) is 4.79 Å². The van der Waals surface area contributed by atoms with E-state index in [2.05, 4.69) is 9.97 Å². The van der Waals surface area contributed by atoms with Crippen LogP contribution in [0.5, 0.6) is 0 Å². The molecular formula is C23H22N4O3S2. The summed E-state index contributed by atoms with van der Waals surface area (Å²) in [7, 11) is -3.76. The fourth-order valence-electron chi connectivity index (χ4n) is 3.58. The van der Waals surface area contributed by atoms with Crippen molar-refractivity contribution in [1.82, 2.24) is 14.5 Å². The van der Waals surface area contributed by atoms with Gasteiger partial charge >= 0.3 is 0 Å². The molecule has 0 saturated carbocycles. The van der Waals surface area contributed by atoms with Crippen LogP contribution in [0.3, 0.4) is 0 Å². The number of Topliss-reactive ketones (excluding diaryl/α,β-unsaturated/α-hetero) is 1. The van der Waals surface area contributed by atoms with Gasteiger partial charge in [-0.1, -0.05) is 42.1 Å². The molecule has 0 atom stereocenters. The van der Waals surface area contributed by atoms with Crippen molar-refractivity contribution in [2.24, 2.45) is 5.14 Å². The molecule has 0 unspecified atom stereocenters. The van der Waals surface area contributed by atoms with Crippen LogP contribution in [-0.2, 0) is 10.0 Å². The van der Waals surface area contributed by atoms with Crippen LogP contribution in [0.25, 0.3) is 16.9 Å². The maximum atomic E-state index is 12.9. The number of H-pyrrole nitrogens is 1. The average molecular weight is 467 g/mol. The fraction of sp³-hybridized carbons (Fsp3) is 0.130. The van der Waals surface area contributed by atoms with E-state index in [1.807, 2.05) is 54.8 Å². The molecule has 0 aliphatic rings. The van der Waals surface area contributed by atoms with Crippen LogP contribution in [-0.4, -0.2) is 34.5 Å². The number of nitrogens with two attached hydrogens (primary N) is 1. The summed E-state index contributed by atoms with van der Waals surface area (Å²) >= 11 is 1.36. The van der Waals surface area contributed by atoms with E-state index in [0.29, 0.717) is 10.7 Å². The number of nitrogens with zero attached hydrogens (tertiary/aromatic N) is 2. The molecule has 2 aromatic heterocycles. The second-order valence-corrected chi connectivity index (χ2v) is 9.86. The van der Waals surface area contributed by atoms with Gasteiger partial charge in [0.1, 0.15) is 0 Å². The van der Waals surface area contributed by atoms with E-state index in [4.69, 9.17) is 5.14 Å². The third-order valence-corrected chi connectivity index (χ3v) is 6.95. The quantitative estimate of drug-likeness (QED) is 0.315. The number of aromatic nitrogens is 3. The van der Waals surface area contributed by atoms with Crippen molar-refractivity contribution in [1.29, 1.82) is 0 Å². The zero-order valence-electron chi connectivity index (χ0n) is 17.6. The van der Waals surface area contributed by atoms with Gasteiger partial charge in [0, 0.05) is 22.6 Å². The van der Waals surface area contributed by atoms with Gasteiger partial charge in [-0.05, 0) is 49.7 Å². The van der Waals surface area contributed by atoms with Gasteiger partial charge in [0.25, 0.3) is 0 Å². The van der Waals surface area contributed by atoms with Crippen molar-refractivity contribution in [3.05, 3.63) is 83.8 Å². The monoisotopic (exact) mass is 466 g/mol. The number of carbonyl (C=O) groups is 1. The van der Waals surface area contributed by atoms with Crippen molar-refractivity contribution in [3.63, 3.8) is 0 Å². The third kappa shape index (κ3) is 4.55. The van der Waals surface area contributed by atoms with Gasteiger partial charge in [-0.25, -0.2) is 18.5 Å². The standard InChI is InChI=1S/C23H22N4O3S2/c1-15-12-20(16(2)27(15)18-8-10-19(11-9-18)32(24,29)30)22(28)14-31-23-25-13-21(26-23)17-6-4-3-5-7-17/h3-13H,14H2,1-2H3,(H,25,26)(H2,24,29,30). The van der Waals surface area contributed by atoms with Crippen LogP contribution in [0, 0.1) is 13.8 Å². The summed E-state index contributed by atoms with van der Waals surface area (Å²) < 4.78 is 24.9. The number of ketones is 1. The summed E-state index contributed by atoms with van der Waals surface area (Å²) in [5.74, 6) is 0.240. The molecule has 3 N–H and O–H groups in total. The summed E-state index contributed by atoms with van der Waals surface area (Å²) in [5.41, 5.74) is 5.00. The number of imidazole rings is 1. The molecule has 0 amide bonds. The minimum atomic E-state index is -3.76. The normalized spacial score (nSPS) is 11.6. The molecule has 0 radical (unpaired) electrons. The van der Waals surface area contributed by atoms with Crippen molar-refractivity contribution in [2.45, 2.75) is 23.9 Å². The number of sulfonamides is 1. The molecule has 0 aliphatic carbocycles. The number of benzene rings is 2. The zero-order valence-corrected chi connectivity index (χ0v) is 19.2. The molecule has 0 saturated heterocycles. The number of aromatic amines is 1. The maximum absolute atomic E-state index is 12.9. The number of rotatable bonds is 7. The average Bonchev–Trinajstić information content (AvgIpc) is 3.36. The lowest BCUT2D eigenvalue weighted by atomic mass is 10.2. The van der Waals surface area contributed by atoms with Crippen molar-refractivity contribution >= 4 is 27.6 Å². The predicted octanol–water partition coefficient (Wildman–Crippen LogP) is 4.11. The first-order valence-corrected chi connectivity index (χ1v) is 12.4. The molecule has 0 aliphatic heterocycles. The number of hydrogen-bond acceptors (Lipinski definition) is 5. The Labute approximate surface area is 190 Å². The highest BCUT2D eigenvalue weighted by Crippen LogP contribution is 2.25. The smallest absolute Gasteiger partial charge is 0.238 e. The molecule has 4 rings (SSSR count). The van der Waals surface area contributed by atoms with Gasteiger partial charge in [0.05, 0.1) is 22.5 Å². The predicted molar refractivity (Wildman–Crippen MR) is 126 cm³/mol. The summed E-state index contributed by atoms with van der Waals surface area (Å²) in [5, 5.41) is 5.86. The van der Waals surface area contributed by atoms with Crippen LogP contribution in [0.2, 0.25) is 0 Å². The van der Waals surface area contributed by atoms with E-state index in [-0.39, 0.29) is 16.4 Å². The first-order valence-electron chi connectivity index (χ1n) is 9.82. The lowest BCUT2D eigenvalue weighted by molar-refractivity contribution is 0.102. The van der Waals surface area contributed by atoms with Crippen LogP contribution in [0.4, 0.5) is 0 Å². The Morgan fingerprint density at radius 2 is 1.78 bits per heavy atom. The minimum absolute atomic E-state index is 0.00633. The molecule has 0 bridgehead atoms. The van der Waals surface area contributed by atoms with Gasteiger partial charge < -0.3 is 9.55 Å². The molecule has 0 fully saturated rings. The van der Waals surface area contributed by atoms with Gasteiger partial charge in [-0.15, -0.1) is 0 Å². The number of primary sulfonamides is 1. The van der Waals surface area contributed by atoms with E-state index >= 15 is 0 Å². The summed E-state index contributed by atoms with van der Waals surface area (Å²) in [6.45, 7) is 3.78. The largest absolute Gasteiger partial charge is 0.333 e. The summed E-state index contributed by atoms with van der Waals surface area (Å²) in [4.78, 5) is 20.6. The summed E-state index contributed by atoms with van der Waals surface area (Å²) in [6, 6.07) is 18.0. The second kappa shape index (κ2) is 8.78. The van der Waals surface area contributed by atoms with Crippen molar-refractivity contribution < 1.29 is 13.2 Å². The van der Waals surface area contributed by atoms with Gasteiger partial charge in [0.15, 0.2) is 10.9 Å². The minimum Gasteiger partial charge on any atom is -0.333 e. The first kappa shape index (κ1) is 22.1. The van der Waals surface area contributed by atoms with E-state index < -0.39 is 10.0 Å². The molecule has 0 spiro atoms. The molecule has 2 aromatic carbocycles. The van der Waals surface area contributed by atoms with Crippen molar-refractivity contribution in [3.8, 4) is 16.9 Å². The van der Waals surface area contributed by atoms with Gasteiger partial charge in [-0.2, -0.15) is 0 Å². The maximum Gasteiger partial charge on any atom is 0.238 e. The Morgan fingerprint density at radius 3 is 2.44 bits per heavy atom. The highest BCUT2D eigenvalue weighted by atomic mass is 32.2. The molecule has 32 heavy (non-hydrogen) atoms. The number of hydrogen-bond donors (Lipinski definition) is 2. The van der Waals surface area contributed by atoms with E-state index in [0.717, 1.165) is 28.3 Å². The second-order valence-electron chi connectivity index (χ2n) is 7.34. The van der Waals surface area contributed by atoms with E-state index in [1.54, 1.807) is 18.3 Å². The Hall–Kier alpha value is -3.14. The summed E-state index contributed by atoms with van der Waals surface area (Å²) in [6.07, 6.45) is 1.76. The topological polar surface area (TPSA) is 111 Å². The molecular weight excluding hydrogens is 444 g/mol. The lowest BCUT2D eigenvalue weighted by Crippen LogP contribution is -2.12. The lowest BCUT2D eigenvalue weighted by Gasteiger charge is -2.10. The number of nitrogens with one attached hydrogen (secondary N) is 1. The van der Waals surface area contributed by atoms with Crippen LogP contribution >= 0.6 is 11.8 Å². The Kier molecular flexibility index (Phi) is 6.05. The Bertz CT molecular complexity index is 1370. The van der Waals surface area contributed by atoms with E-state index in [9.17, 15) is 13.2 Å². The number of carbonyl (C=O) groups excluding carboxylic acids is 1. The van der Waals surface area contributed by atoms with Crippen molar-refractivity contribution in [2.75, 3.05) is 5.75 Å². The zero-order chi connectivity index (χ0) is 22.9. The Balaban J connectivity index is 1.50. The van der Waals surface area contributed by atoms with Crippen LogP contribution in [0.1, 0.15) is 21.7 Å². The third-order valence-electron chi connectivity index (χ3n) is 5.13. The Morgan fingerprint density at radius 1 is 1.09 bits per heavy atom. The molecule has 164 valence electrons. The van der Waals surface area contributed by atoms with Crippen LogP contribution in [0.15, 0.2) is 76.9 Å². The highest BCUT2D eigenvalue weighted by Gasteiger charge is 2.18. The molecule has 9 heteroatoms.